The van der Waals surface area contributed by atoms with Gasteiger partial charge >= 0.3 is 0 Å². The molecule has 1 atom stereocenters. The van der Waals surface area contributed by atoms with Crippen molar-refractivity contribution >= 4 is 27.6 Å². The highest BCUT2D eigenvalue weighted by Crippen LogP contribution is 2.39. The second-order valence-corrected chi connectivity index (χ2v) is 9.19. The molecule has 0 radical (unpaired) electrons. The summed E-state index contributed by atoms with van der Waals surface area (Å²) in [6.45, 7) is 6.97. The molecule has 1 unspecified atom stereocenters. The number of sulfonamides is 1. The van der Waals surface area contributed by atoms with Crippen molar-refractivity contribution in [2.45, 2.75) is 37.6 Å². The van der Waals surface area contributed by atoms with E-state index in [1.807, 2.05) is 4.90 Å². The number of carbonyl (C=O) groups is 1. The fourth-order valence-electron chi connectivity index (χ4n) is 3.40. The Morgan fingerprint density at radius 3 is 2.66 bits per heavy atom. The average molecular weight is 420 g/mol. The molecule has 29 heavy (non-hydrogen) atoms. The van der Waals surface area contributed by atoms with Gasteiger partial charge in [0.2, 0.25) is 5.88 Å². The molecule has 0 aliphatic carbocycles. The standard InChI is InChI=1S/C19H25N5O4S/c1-12-9-11-24(19(12,2)3)17-13(7-8-15(22-17)28-4)18(25)23-29(26,27)14-6-5-10-21-16(14)20/h5-8,10,12H,9,11H2,1-4H3,(H2,20,21)(H,23,25). The van der Waals surface area contributed by atoms with Crippen LogP contribution in [0.3, 0.4) is 0 Å². The summed E-state index contributed by atoms with van der Waals surface area (Å²) in [5.74, 6) is 0.103. The van der Waals surface area contributed by atoms with Crippen LogP contribution in [-0.4, -0.2) is 43.5 Å². The number of pyridine rings is 2. The number of ether oxygens (including phenoxy) is 1. The molecular formula is C19H25N5O4S. The van der Waals surface area contributed by atoms with Crippen LogP contribution in [0, 0.1) is 5.92 Å². The Balaban J connectivity index is 2.01. The molecule has 10 heteroatoms. The van der Waals surface area contributed by atoms with Crippen molar-refractivity contribution in [1.29, 1.82) is 0 Å². The van der Waals surface area contributed by atoms with Crippen molar-refractivity contribution in [3.05, 3.63) is 36.0 Å². The largest absolute Gasteiger partial charge is 0.481 e. The number of nitrogens with zero attached hydrogens (tertiary/aromatic N) is 3. The summed E-state index contributed by atoms with van der Waals surface area (Å²) in [5, 5.41) is 0. The number of anilines is 2. The number of carbonyl (C=O) groups excluding carboxylic acids is 1. The van der Waals surface area contributed by atoms with E-state index in [1.165, 1.54) is 37.6 Å². The maximum absolute atomic E-state index is 13.0. The molecule has 0 bridgehead atoms. The van der Waals surface area contributed by atoms with E-state index in [0.29, 0.717) is 24.2 Å². The Morgan fingerprint density at radius 1 is 1.34 bits per heavy atom. The van der Waals surface area contributed by atoms with Crippen LogP contribution in [0.25, 0.3) is 0 Å². The van der Waals surface area contributed by atoms with Crippen LogP contribution in [0.5, 0.6) is 5.88 Å². The zero-order valence-corrected chi connectivity index (χ0v) is 17.7. The van der Waals surface area contributed by atoms with Crippen LogP contribution in [-0.2, 0) is 10.0 Å². The van der Waals surface area contributed by atoms with Gasteiger partial charge in [-0.05, 0) is 44.4 Å². The minimum Gasteiger partial charge on any atom is -0.481 e. The molecule has 9 nitrogen and oxygen atoms in total. The minimum absolute atomic E-state index is 0.138. The smallest absolute Gasteiger partial charge is 0.268 e. The summed E-state index contributed by atoms with van der Waals surface area (Å²) in [7, 11) is -2.71. The molecule has 3 N–H and O–H groups in total. The van der Waals surface area contributed by atoms with Crippen molar-refractivity contribution in [2.75, 3.05) is 24.3 Å². The Bertz CT molecular complexity index is 1040. The summed E-state index contributed by atoms with van der Waals surface area (Å²) in [5.41, 5.74) is 5.54. The van der Waals surface area contributed by atoms with Crippen LogP contribution >= 0.6 is 0 Å². The Labute approximate surface area is 170 Å². The molecule has 1 amide bonds. The van der Waals surface area contributed by atoms with Gasteiger partial charge in [-0.25, -0.2) is 18.1 Å². The first kappa shape index (κ1) is 20.8. The van der Waals surface area contributed by atoms with Gasteiger partial charge in [-0.15, -0.1) is 0 Å². The van der Waals surface area contributed by atoms with E-state index >= 15 is 0 Å². The predicted octanol–water partition coefficient (Wildman–Crippen LogP) is 1.81. The van der Waals surface area contributed by atoms with E-state index in [9.17, 15) is 13.2 Å². The number of nitrogens with one attached hydrogen (secondary N) is 1. The second kappa shape index (κ2) is 7.51. The van der Waals surface area contributed by atoms with Crippen LogP contribution in [0.1, 0.15) is 37.6 Å². The lowest BCUT2D eigenvalue weighted by molar-refractivity contribution is 0.0981. The van der Waals surface area contributed by atoms with E-state index in [-0.39, 0.29) is 21.8 Å². The molecule has 1 saturated heterocycles. The number of hydrogen-bond donors (Lipinski definition) is 2. The van der Waals surface area contributed by atoms with Crippen molar-refractivity contribution < 1.29 is 17.9 Å². The predicted molar refractivity (Wildman–Crippen MR) is 109 cm³/mol. The third kappa shape index (κ3) is 3.84. The highest BCUT2D eigenvalue weighted by atomic mass is 32.2. The molecule has 1 aliphatic heterocycles. The van der Waals surface area contributed by atoms with Crippen molar-refractivity contribution in [3.8, 4) is 5.88 Å². The lowest BCUT2D eigenvalue weighted by Crippen LogP contribution is -2.43. The van der Waals surface area contributed by atoms with Crippen molar-refractivity contribution in [3.63, 3.8) is 0 Å². The number of rotatable bonds is 5. The van der Waals surface area contributed by atoms with Crippen molar-refractivity contribution in [2.24, 2.45) is 5.92 Å². The zero-order valence-electron chi connectivity index (χ0n) is 16.8. The fraction of sp³-hybridized carbons (Fsp3) is 0.421. The average Bonchev–Trinajstić information content (AvgIpc) is 2.93. The summed E-state index contributed by atoms with van der Waals surface area (Å²) in [6, 6.07) is 5.76. The number of methoxy groups -OCH3 is 1. The Kier molecular flexibility index (Phi) is 5.40. The van der Waals surface area contributed by atoms with Crippen LogP contribution in [0.4, 0.5) is 11.6 Å². The number of aromatic nitrogens is 2. The third-order valence-corrected chi connectivity index (χ3v) is 6.94. The van der Waals surface area contributed by atoms with Crippen LogP contribution in [0.15, 0.2) is 35.4 Å². The molecule has 2 aromatic heterocycles. The van der Waals surface area contributed by atoms with Crippen LogP contribution < -0.4 is 20.1 Å². The first-order valence-electron chi connectivity index (χ1n) is 9.18. The SMILES string of the molecule is COc1ccc(C(=O)NS(=O)(=O)c2cccnc2N)c(N2CCC(C)C2(C)C)n1. The molecule has 3 heterocycles. The van der Waals surface area contributed by atoms with Gasteiger partial charge in [-0.3, -0.25) is 4.79 Å². The maximum Gasteiger partial charge on any atom is 0.268 e. The monoisotopic (exact) mass is 419 g/mol. The normalized spacial score (nSPS) is 18.5. The Hall–Kier alpha value is -2.88. The van der Waals surface area contributed by atoms with E-state index < -0.39 is 15.9 Å². The maximum atomic E-state index is 13.0. The topological polar surface area (TPSA) is 128 Å². The summed E-state index contributed by atoms with van der Waals surface area (Å²) < 4.78 is 32.6. The highest BCUT2D eigenvalue weighted by Gasteiger charge is 2.41. The van der Waals surface area contributed by atoms with E-state index in [4.69, 9.17) is 10.5 Å². The number of nitrogen functional groups attached to an aromatic ring is 1. The second-order valence-electron chi connectivity index (χ2n) is 7.54. The third-order valence-electron chi connectivity index (χ3n) is 5.56. The lowest BCUT2D eigenvalue weighted by atomic mass is 9.90. The van der Waals surface area contributed by atoms with Crippen molar-refractivity contribution in [1.82, 2.24) is 14.7 Å². The minimum atomic E-state index is -4.20. The van der Waals surface area contributed by atoms with Crippen LogP contribution in [0.2, 0.25) is 0 Å². The summed E-state index contributed by atoms with van der Waals surface area (Å²) in [6.07, 6.45) is 2.30. The van der Waals surface area contributed by atoms with Gasteiger partial charge in [0.15, 0.2) is 0 Å². The number of nitrogens with two attached hydrogens (primary N) is 1. The summed E-state index contributed by atoms with van der Waals surface area (Å²) >= 11 is 0. The first-order chi connectivity index (χ1) is 13.6. The number of hydrogen-bond acceptors (Lipinski definition) is 8. The molecule has 0 aromatic carbocycles. The van der Waals surface area contributed by atoms with Gasteiger partial charge in [0.05, 0.1) is 12.7 Å². The lowest BCUT2D eigenvalue weighted by Gasteiger charge is -2.36. The molecule has 2 aromatic rings. The van der Waals surface area contributed by atoms with Gasteiger partial charge in [-0.2, -0.15) is 4.98 Å². The van der Waals surface area contributed by atoms with E-state index in [2.05, 4.69) is 35.5 Å². The van der Waals surface area contributed by atoms with Gasteiger partial charge in [0.1, 0.15) is 16.5 Å². The summed E-state index contributed by atoms with van der Waals surface area (Å²) in [4.78, 5) is 22.9. The Morgan fingerprint density at radius 2 is 2.07 bits per heavy atom. The molecule has 1 fully saturated rings. The van der Waals surface area contributed by atoms with E-state index in [0.717, 1.165) is 6.42 Å². The molecular weight excluding hydrogens is 394 g/mol. The molecule has 1 aliphatic rings. The molecule has 0 saturated carbocycles. The van der Waals surface area contributed by atoms with E-state index in [1.54, 1.807) is 0 Å². The van der Waals surface area contributed by atoms with Gasteiger partial charge < -0.3 is 15.4 Å². The fourth-order valence-corrected chi connectivity index (χ4v) is 4.45. The number of amides is 1. The van der Waals surface area contributed by atoms with Gasteiger partial charge in [0, 0.05) is 24.3 Å². The molecule has 156 valence electrons. The van der Waals surface area contributed by atoms with Gasteiger partial charge in [0.25, 0.3) is 15.9 Å². The quantitative estimate of drug-likeness (QED) is 0.751. The first-order valence-corrected chi connectivity index (χ1v) is 10.7. The van der Waals surface area contributed by atoms with Gasteiger partial charge in [-0.1, -0.05) is 6.92 Å². The highest BCUT2D eigenvalue weighted by molar-refractivity contribution is 7.90. The zero-order chi connectivity index (χ0) is 21.4. The molecule has 0 spiro atoms. The molecule has 3 rings (SSSR count).